The largest absolute Gasteiger partial charge is 0.496 e. The van der Waals surface area contributed by atoms with E-state index in [1.807, 2.05) is 42.2 Å². The van der Waals surface area contributed by atoms with Gasteiger partial charge in [0.1, 0.15) is 11.4 Å². The Bertz CT molecular complexity index is 1310. The molecule has 0 unspecified atom stereocenters. The molecule has 6 heteroatoms. The van der Waals surface area contributed by atoms with Crippen molar-refractivity contribution in [2.75, 3.05) is 18.6 Å². The van der Waals surface area contributed by atoms with E-state index in [1.165, 1.54) is 10.5 Å². The Labute approximate surface area is 197 Å². The fourth-order valence-electron chi connectivity index (χ4n) is 4.68. The quantitative estimate of drug-likeness (QED) is 0.516. The van der Waals surface area contributed by atoms with Crippen LogP contribution < -0.4 is 9.64 Å². The monoisotopic (exact) mass is 458 g/mol. The topological polar surface area (TPSA) is 49.9 Å². The summed E-state index contributed by atoms with van der Waals surface area (Å²) in [6.07, 6.45) is 0.806. The number of carbonyl (C=O) groups excluding carboxylic acids is 2. The van der Waals surface area contributed by atoms with Crippen molar-refractivity contribution in [3.8, 4) is 5.75 Å². The van der Waals surface area contributed by atoms with Crippen LogP contribution in [0.15, 0.2) is 72.4 Å². The van der Waals surface area contributed by atoms with Crippen LogP contribution in [-0.4, -0.2) is 30.4 Å². The molecular weight excluding hydrogens is 436 g/mol. The van der Waals surface area contributed by atoms with Crippen LogP contribution in [-0.2, 0) is 22.6 Å². The molecule has 3 aromatic rings. The zero-order chi connectivity index (χ0) is 23.1. The number of anilines is 1. The Morgan fingerprint density at radius 3 is 2.39 bits per heavy atom. The van der Waals surface area contributed by atoms with E-state index in [1.54, 1.807) is 31.4 Å². The predicted molar refractivity (Wildman–Crippen MR) is 129 cm³/mol. The molecule has 0 bridgehead atoms. The summed E-state index contributed by atoms with van der Waals surface area (Å²) in [4.78, 5) is 31.0. The lowest BCUT2D eigenvalue weighted by Crippen LogP contribution is -2.37. The first-order chi connectivity index (χ1) is 16.0. The van der Waals surface area contributed by atoms with Crippen molar-refractivity contribution in [2.24, 2.45) is 0 Å². The molecule has 3 aromatic carbocycles. The van der Waals surface area contributed by atoms with Gasteiger partial charge in [-0.2, -0.15) is 0 Å². The summed E-state index contributed by atoms with van der Waals surface area (Å²) in [5.41, 5.74) is 5.12. The van der Waals surface area contributed by atoms with E-state index in [0.717, 1.165) is 17.5 Å². The summed E-state index contributed by atoms with van der Waals surface area (Å²) >= 11 is 6.14. The van der Waals surface area contributed by atoms with Crippen molar-refractivity contribution >= 4 is 34.7 Å². The first-order valence-electron chi connectivity index (χ1n) is 10.8. The lowest BCUT2D eigenvalue weighted by atomic mass is 9.97. The number of benzene rings is 3. The van der Waals surface area contributed by atoms with E-state index in [2.05, 4.69) is 12.1 Å². The molecule has 0 saturated heterocycles. The number of aryl methyl sites for hydroxylation is 1. The van der Waals surface area contributed by atoms with Crippen molar-refractivity contribution < 1.29 is 14.3 Å². The fraction of sp³-hybridized carbons (Fsp3) is 0.185. The van der Waals surface area contributed by atoms with E-state index in [0.29, 0.717) is 46.4 Å². The number of ether oxygens (including phenoxy) is 1. The van der Waals surface area contributed by atoms with Crippen LogP contribution in [0.1, 0.15) is 22.3 Å². The maximum absolute atomic E-state index is 13.9. The minimum absolute atomic E-state index is 0.328. The Balaban J connectivity index is 1.67. The number of rotatable bonds is 4. The van der Waals surface area contributed by atoms with Gasteiger partial charge in [-0.3, -0.25) is 9.59 Å². The molecule has 0 atom stereocenters. The molecule has 33 heavy (non-hydrogen) atoms. The molecule has 0 radical (unpaired) electrons. The second kappa shape index (κ2) is 8.41. The summed E-state index contributed by atoms with van der Waals surface area (Å²) < 4.78 is 5.56. The van der Waals surface area contributed by atoms with Crippen LogP contribution in [0.2, 0.25) is 5.02 Å². The van der Waals surface area contributed by atoms with Crippen molar-refractivity contribution in [2.45, 2.75) is 19.9 Å². The number of fused-ring (bicyclic) bond motifs is 1. The molecular formula is C27H23ClN2O3. The number of carbonyl (C=O) groups is 2. The normalized spacial score (nSPS) is 15.8. The van der Waals surface area contributed by atoms with Gasteiger partial charge in [0.05, 0.1) is 18.4 Å². The summed E-state index contributed by atoms with van der Waals surface area (Å²) in [6, 6.07) is 20.7. The van der Waals surface area contributed by atoms with Crippen LogP contribution >= 0.6 is 11.6 Å². The minimum Gasteiger partial charge on any atom is -0.496 e. The smallest absolute Gasteiger partial charge is 0.282 e. The molecule has 0 fully saturated rings. The highest BCUT2D eigenvalue weighted by atomic mass is 35.5. The first kappa shape index (κ1) is 21.3. The molecule has 2 amide bonds. The van der Waals surface area contributed by atoms with E-state index in [-0.39, 0.29) is 11.8 Å². The molecule has 0 N–H and O–H groups in total. The standard InChI is InChI=1S/C27H23ClN2O3/c1-17-15-20(28)11-12-22(17)30-26(31)24(21-9-5-6-10-23(21)33-2)25(27(30)32)29-14-13-18-7-3-4-8-19(18)16-29/h3-12,15H,13-14,16H2,1-2H3. The average Bonchev–Trinajstić information content (AvgIpc) is 3.08. The number of methoxy groups -OCH3 is 1. The molecule has 166 valence electrons. The average molecular weight is 459 g/mol. The van der Waals surface area contributed by atoms with Crippen molar-refractivity contribution in [3.05, 3.63) is 99.7 Å². The summed E-state index contributed by atoms with van der Waals surface area (Å²) in [7, 11) is 1.57. The van der Waals surface area contributed by atoms with E-state index in [4.69, 9.17) is 16.3 Å². The van der Waals surface area contributed by atoms with Gasteiger partial charge in [0.15, 0.2) is 0 Å². The van der Waals surface area contributed by atoms with Gasteiger partial charge >= 0.3 is 0 Å². The van der Waals surface area contributed by atoms with Crippen LogP contribution in [0.4, 0.5) is 5.69 Å². The first-order valence-corrected chi connectivity index (χ1v) is 11.2. The molecule has 0 saturated carbocycles. The molecule has 5 nitrogen and oxygen atoms in total. The third-order valence-corrected chi connectivity index (χ3v) is 6.52. The number of para-hydroxylation sites is 1. The maximum atomic E-state index is 13.9. The van der Waals surface area contributed by atoms with Crippen LogP contribution in [0.5, 0.6) is 5.75 Å². The molecule has 5 rings (SSSR count). The van der Waals surface area contributed by atoms with E-state index in [9.17, 15) is 9.59 Å². The summed E-state index contributed by atoms with van der Waals surface area (Å²) in [5, 5.41) is 0.557. The van der Waals surface area contributed by atoms with Gasteiger partial charge in [0, 0.05) is 23.7 Å². The Morgan fingerprint density at radius 2 is 1.64 bits per heavy atom. The fourth-order valence-corrected chi connectivity index (χ4v) is 4.91. The Kier molecular flexibility index (Phi) is 5.43. The van der Waals surface area contributed by atoms with Gasteiger partial charge in [0.2, 0.25) is 0 Å². The maximum Gasteiger partial charge on any atom is 0.282 e. The van der Waals surface area contributed by atoms with Crippen molar-refractivity contribution in [1.82, 2.24) is 4.90 Å². The zero-order valence-electron chi connectivity index (χ0n) is 18.5. The number of imide groups is 1. The Morgan fingerprint density at radius 1 is 0.909 bits per heavy atom. The second-order valence-corrected chi connectivity index (χ2v) is 8.68. The molecule has 2 aliphatic rings. The molecule has 2 aliphatic heterocycles. The lowest BCUT2D eigenvalue weighted by molar-refractivity contribution is -0.120. The SMILES string of the molecule is COc1ccccc1C1=C(N2CCc3ccccc3C2)C(=O)N(c2ccc(Cl)cc2C)C1=O. The van der Waals surface area contributed by atoms with Gasteiger partial charge in [-0.15, -0.1) is 0 Å². The predicted octanol–water partition coefficient (Wildman–Crippen LogP) is 5.00. The van der Waals surface area contributed by atoms with Crippen LogP contribution in [0, 0.1) is 6.92 Å². The second-order valence-electron chi connectivity index (χ2n) is 8.24. The van der Waals surface area contributed by atoms with Crippen LogP contribution in [0.3, 0.4) is 0 Å². The highest BCUT2D eigenvalue weighted by Gasteiger charge is 2.44. The van der Waals surface area contributed by atoms with E-state index < -0.39 is 0 Å². The Hall–Kier alpha value is -3.57. The van der Waals surface area contributed by atoms with Gasteiger partial charge < -0.3 is 9.64 Å². The molecule has 0 aliphatic carbocycles. The number of nitrogens with zero attached hydrogens (tertiary/aromatic N) is 2. The van der Waals surface area contributed by atoms with Gasteiger partial charge in [-0.25, -0.2) is 4.90 Å². The molecule has 0 aromatic heterocycles. The highest BCUT2D eigenvalue weighted by molar-refractivity contribution is 6.46. The zero-order valence-corrected chi connectivity index (χ0v) is 19.2. The third-order valence-electron chi connectivity index (χ3n) is 6.28. The molecule has 0 spiro atoms. The third kappa shape index (κ3) is 3.58. The summed E-state index contributed by atoms with van der Waals surface area (Å²) in [5.74, 6) is -0.132. The summed E-state index contributed by atoms with van der Waals surface area (Å²) in [6.45, 7) is 3.06. The number of hydrogen-bond acceptors (Lipinski definition) is 4. The van der Waals surface area contributed by atoms with Crippen molar-refractivity contribution in [3.63, 3.8) is 0 Å². The number of hydrogen-bond donors (Lipinski definition) is 0. The number of halogens is 1. The minimum atomic E-state index is -0.358. The van der Waals surface area contributed by atoms with Crippen LogP contribution in [0.25, 0.3) is 5.57 Å². The highest BCUT2D eigenvalue weighted by Crippen LogP contribution is 2.40. The number of amides is 2. The molecule has 2 heterocycles. The van der Waals surface area contributed by atoms with Crippen molar-refractivity contribution in [1.29, 1.82) is 0 Å². The van der Waals surface area contributed by atoms with E-state index >= 15 is 0 Å². The van der Waals surface area contributed by atoms with Gasteiger partial charge in [-0.1, -0.05) is 54.1 Å². The lowest BCUT2D eigenvalue weighted by Gasteiger charge is -2.31. The van der Waals surface area contributed by atoms with Gasteiger partial charge in [0.25, 0.3) is 11.8 Å². The van der Waals surface area contributed by atoms with Gasteiger partial charge in [-0.05, 0) is 54.3 Å².